The van der Waals surface area contributed by atoms with Crippen LogP contribution in [0.2, 0.25) is 0 Å². The van der Waals surface area contributed by atoms with Crippen LogP contribution in [-0.4, -0.2) is 218 Å². The zero-order chi connectivity index (χ0) is 79.0. The molecule has 0 saturated carbocycles. The molecule has 105 heavy (non-hydrogen) atoms. The summed E-state index contributed by atoms with van der Waals surface area (Å²) in [7, 11) is 0. The van der Waals surface area contributed by atoms with Gasteiger partial charge in [0.05, 0.1) is 66.8 Å². The number of para-hydroxylation sites is 4. The van der Waals surface area contributed by atoms with Crippen LogP contribution in [0, 0.1) is 49.4 Å². The van der Waals surface area contributed by atoms with E-state index in [1.54, 1.807) is 0 Å². The van der Waals surface area contributed by atoms with E-state index in [2.05, 4.69) is 0 Å². The van der Waals surface area contributed by atoms with E-state index in [0.29, 0.717) is 0 Å². The van der Waals surface area contributed by atoms with Gasteiger partial charge in [-0.15, -0.1) is 0 Å². The van der Waals surface area contributed by atoms with Crippen molar-refractivity contribution in [1.82, 2.24) is 0 Å². The first-order valence-corrected chi connectivity index (χ1v) is 26.9. The van der Waals surface area contributed by atoms with E-state index in [0.717, 1.165) is 48.5 Å². The molecular weight excluding hydrogens is 1560 g/mol. The molecule has 0 bridgehead atoms. The Labute approximate surface area is 616 Å². The van der Waals surface area contributed by atoms with E-state index in [1.165, 1.54) is 48.5 Å². The van der Waals surface area contributed by atoms with Crippen molar-refractivity contribution in [3.8, 4) is 90.5 Å². The standard InChI is InChI=1S/4C16H10O10.Eu/c4*17-6-4-2-1-3-5(6)7-8(13(19)20)9(14(21)22)10(15(23)24)11(12(7)18)16(25)26;/h4*1-4,17-18H,(H,19,20)(H,21,22)(H,23,24)(H,25,26);. The average Bonchev–Trinajstić information content (AvgIpc) is 0.763. The number of rotatable bonds is 20. The van der Waals surface area contributed by atoms with Crippen LogP contribution in [-0.2, 0) is 0 Å². The Morgan fingerprint density at radius 2 is 0.267 bits per heavy atom. The summed E-state index contributed by atoms with van der Waals surface area (Å²) in [6.07, 6.45) is 0. The van der Waals surface area contributed by atoms with Gasteiger partial charge in [0.2, 0.25) is 0 Å². The second-order valence-corrected chi connectivity index (χ2v) is 19.8. The van der Waals surface area contributed by atoms with Gasteiger partial charge in [-0.1, -0.05) is 72.8 Å². The van der Waals surface area contributed by atoms with Crippen molar-refractivity contribution in [2.24, 2.45) is 0 Å². The molecule has 0 heterocycles. The van der Waals surface area contributed by atoms with Crippen LogP contribution in [0.5, 0.6) is 46.0 Å². The number of carboxylic acid groups (broad SMARTS) is 16. The van der Waals surface area contributed by atoms with Crippen molar-refractivity contribution in [2.45, 2.75) is 0 Å². The molecule has 8 aromatic rings. The van der Waals surface area contributed by atoms with Crippen molar-refractivity contribution in [3.05, 3.63) is 186 Å². The minimum atomic E-state index is -2.05. The number of aromatic hydroxyl groups is 8. The quantitative estimate of drug-likeness (QED) is 0.0402. The summed E-state index contributed by atoms with van der Waals surface area (Å²) >= 11 is 0. The normalized spacial score (nSPS) is 10.2. The van der Waals surface area contributed by atoms with Gasteiger partial charge in [0.25, 0.3) is 0 Å². The third kappa shape index (κ3) is 16.1. The van der Waals surface area contributed by atoms with Crippen LogP contribution in [0.25, 0.3) is 44.5 Å². The summed E-state index contributed by atoms with van der Waals surface area (Å²) in [6.45, 7) is 0. The SMILES string of the molecule is O=C(O)c1c(O)c(-c2ccccc2O)c(C(=O)O)c(C(=O)O)c1C(=O)O.O=C(O)c1c(O)c(-c2ccccc2O)c(C(=O)O)c(C(=O)O)c1C(=O)O.O=C(O)c1c(O)c(-c2ccccc2O)c(C(=O)O)c(C(=O)O)c1C(=O)O.O=C(O)c1c(O)c(-c2ccccc2O)c(C(=O)O)c(C(=O)O)c1C(=O)O.[Eu]. The molecule has 41 heteroatoms. The Morgan fingerprint density at radius 3 is 0.371 bits per heavy atom. The number of hydrogen-bond donors (Lipinski definition) is 24. The predicted molar refractivity (Wildman–Crippen MR) is 332 cm³/mol. The number of phenolic OH excluding ortho intramolecular Hbond substituents is 4. The molecule has 0 aromatic heterocycles. The van der Waals surface area contributed by atoms with Gasteiger partial charge in [0.1, 0.15) is 68.2 Å². The second kappa shape index (κ2) is 33.0. The van der Waals surface area contributed by atoms with E-state index in [1.807, 2.05) is 0 Å². The van der Waals surface area contributed by atoms with Crippen molar-refractivity contribution in [2.75, 3.05) is 0 Å². The molecule has 0 unspecified atom stereocenters. The number of hydrogen-bond acceptors (Lipinski definition) is 24. The molecule has 0 spiro atoms. The summed E-state index contributed by atoms with van der Waals surface area (Å²) in [5.74, 6) is -39.5. The molecule has 40 nitrogen and oxygen atoms in total. The van der Waals surface area contributed by atoms with Crippen molar-refractivity contribution < 1.29 is 249 Å². The van der Waals surface area contributed by atoms with Gasteiger partial charge >= 0.3 is 95.5 Å². The van der Waals surface area contributed by atoms with E-state index in [4.69, 9.17) is 0 Å². The van der Waals surface area contributed by atoms with Crippen LogP contribution in [0.3, 0.4) is 0 Å². The molecule has 24 N–H and O–H groups in total. The van der Waals surface area contributed by atoms with Gasteiger partial charge in [-0.05, 0) is 24.3 Å². The third-order valence-corrected chi connectivity index (χ3v) is 14.0. The Hall–Kier alpha value is -14.7. The van der Waals surface area contributed by atoms with Crippen LogP contribution in [0.15, 0.2) is 97.1 Å². The van der Waals surface area contributed by atoms with Gasteiger partial charge in [-0.25, -0.2) is 76.7 Å². The molecule has 0 saturated heterocycles. The summed E-state index contributed by atoms with van der Waals surface area (Å²) in [6, 6.07) is 19.4. The number of carboxylic acids is 16. The molecule has 0 aliphatic rings. The second-order valence-electron chi connectivity index (χ2n) is 19.8. The van der Waals surface area contributed by atoms with Gasteiger partial charge in [-0.3, -0.25) is 0 Å². The van der Waals surface area contributed by atoms with Crippen molar-refractivity contribution >= 4 is 95.5 Å². The Balaban J connectivity index is 0.000000295. The molecule has 0 fully saturated rings. The number of carbonyl (C=O) groups is 16. The monoisotopic (exact) mass is 1600 g/mol. The first-order valence-electron chi connectivity index (χ1n) is 26.9. The fourth-order valence-corrected chi connectivity index (χ4v) is 10.1. The maximum absolute atomic E-state index is 11.6. The van der Waals surface area contributed by atoms with E-state index in [9.17, 15) is 199 Å². The molecule has 0 amide bonds. The minimum absolute atomic E-state index is 0. The van der Waals surface area contributed by atoms with Crippen LogP contribution in [0.4, 0.5) is 0 Å². The molecule has 8 aromatic carbocycles. The van der Waals surface area contributed by atoms with E-state index < -0.39 is 253 Å². The maximum Gasteiger partial charge on any atom is 0.340 e. The van der Waals surface area contributed by atoms with Crippen molar-refractivity contribution in [3.63, 3.8) is 0 Å². The smallest absolute Gasteiger partial charge is 0.340 e. The number of aromatic carboxylic acids is 16. The summed E-state index contributed by atoms with van der Waals surface area (Å²) in [5, 5.41) is 230. The minimum Gasteiger partial charge on any atom is -0.507 e. The molecule has 543 valence electrons. The molecular formula is C64H40EuO40. The van der Waals surface area contributed by atoms with Crippen LogP contribution < -0.4 is 0 Å². The zero-order valence-electron chi connectivity index (χ0n) is 50.9. The summed E-state index contributed by atoms with van der Waals surface area (Å²) in [5.41, 5.74) is -25.6. The molecule has 0 atom stereocenters. The zero-order valence-corrected chi connectivity index (χ0v) is 53.3. The largest absolute Gasteiger partial charge is 0.507 e. The Bertz CT molecular complexity index is 4540. The third-order valence-electron chi connectivity index (χ3n) is 14.0. The van der Waals surface area contributed by atoms with E-state index in [-0.39, 0.29) is 71.6 Å². The maximum atomic E-state index is 11.6. The van der Waals surface area contributed by atoms with Gasteiger partial charge in [0.15, 0.2) is 0 Å². The number of benzene rings is 8. The van der Waals surface area contributed by atoms with Crippen LogP contribution >= 0.6 is 0 Å². The number of phenols is 8. The van der Waals surface area contributed by atoms with Gasteiger partial charge < -0.3 is 123 Å². The molecule has 8 rings (SSSR count). The van der Waals surface area contributed by atoms with Gasteiger partial charge in [0, 0.05) is 93.9 Å². The predicted octanol–water partition coefficient (Wildman–Crippen LogP) is 6.23. The average molecular weight is 1600 g/mol. The van der Waals surface area contributed by atoms with Gasteiger partial charge in [-0.2, -0.15) is 0 Å². The Morgan fingerprint density at radius 1 is 0.162 bits per heavy atom. The summed E-state index contributed by atoms with van der Waals surface area (Å²) < 4.78 is 0. The van der Waals surface area contributed by atoms with Crippen LogP contribution in [0.1, 0.15) is 166 Å². The first-order chi connectivity index (χ1) is 48.4. The fraction of sp³-hybridized carbons (Fsp3) is 0. The van der Waals surface area contributed by atoms with Crippen molar-refractivity contribution in [1.29, 1.82) is 0 Å². The topological polar surface area (TPSA) is 759 Å². The molecule has 0 aliphatic carbocycles. The summed E-state index contributed by atoms with van der Waals surface area (Å²) in [4.78, 5) is 184. The Kier molecular flexibility index (Phi) is 26.0. The fourth-order valence-electron chi connectivity index (χ4n) is 10.1. The first kappa shape index (κ1) is 82.7. The molecule has 1 radical (unpaired) electrons. The molecule has 0 aliphatic heterocycles. The van der Waals surface area contributed by atoms with E-state index >= 15 is 0 Å².